The summed E-state index contributed by atoms with van der Waals surface area (Å²) < 4.78 is 27.0. The summed E-state index contributed by atoms with van der Waals surface area (Å²) >= 11 is 0. The van der Waals surface area contributed by atoms with E-state index in [-0.39, 0.29) is 22.5 Å². The molecule has 0 saturated heterocycles. The van der Waals surface area contributed by atoms with Gasteiger partial charge < -0.3 is 5.11 Å². The van der Waals surface area contributed by atoms with Gasteiger partial charge in [-0.15, -0.1) is 0 Å². The van der Waals surface area contributed by atoms with Crippen LogP contribution in [0.5, 0.6) is 0 Å². The molecule has 0 heterocycles. The van der Waals surface area contributed by atoms with Crippen molar-refractivity contribution in [1.29, 1.82) is 0 Å². The van der Waals surface area contributed by atoms with Gasteiger partial charge in [0, 0.05) is 11.0 Å². The van der Waals surface area contributed by atoms with Crippen LogP contribution in [-0.2, 0) is 4.79 Å². The summed E-state index contributed by atoms with van der Waals surface area (Å²) in [6.07, 6.45) is 5.63. The molecule has 130 valence electrons. The number of rotatable bonds is 2. The number of hydrogen-bond acceptors (Lipinski definition) is 3. The maximum atomic E-state index is 13.5. The summed E-state index contributed by atoms with van der Waals surface area (Å²) in [5.74, 6) is -2.70. The van der Waals surface area contributed by atoms with Crippen molar-refractivity contribution >= 4 is 17.3 Å². The molecule has 5 aliphatic rings. The Morgan fingerprint density at radius 1 is 0.960 bits per heavy atom. The number of allylic oxidation sites excluding steroid dienone is 1. The predicted molar refractivity (Wildman–Crippen MR) is 83.2 cm³/mol. The van der Waals surface area contributed by atoms with Crippen molar-refractivity contribution in [2.24, 2.45) is 23.2 Å². The Balaban J connectivity index is 1.58. The molecule has 25 heavy (non-hydrogen) atoms. The van der Waals surface area contributed by atoms with Crippen LogP contribution in [0.3, 0.4) is 0 Å². The molecule has 0 N–H and O–H groups in total. The normalized spacial score (nSPS) is 35.4. The Kier molecular flexibility index (Phi) is 2.91. The number of hydrogen-bond donors (Lipinski definition) is 0. The quantitative estimate of drug-likeness (QED) is 0.776. The molecule has 0 spiro atoms. The van der Waals surface area contributed by atoms with Gasteiger partial charge in [0.25, 0.3) is 0 Å². The Labute approximate surface area is 143 Å². The van der Waals surface area contributed by atoms with E-state index < -0.39 is 28.6 Å². The number of fused-ring (bicyclic) bond motifs is 1. The fourth-order valence-corrected chi connectivity index (χ4v) is 6.16. The Morgan fingerprint density at radius 2 is 1.44 bits per heavy atom. The molecule has 0 atom stereocenters. The number of Topliss-reactive ketones (excluding diaryl/α,β-unsaturated/α-hetero) is 2. The first-order valence-corrected chi connectivity index (χ1v) is 8.88. The average molecular weight is 343 g/mol. The van der Waals surface area contributed by atoms with Crippen LogP contribution in [0.4, 0.5) is 8.78 Å². The molecule has 4 fully saturated rings. The van der Waals surface area contributed by atoms with E-state index in [1.807, 2.05) is 0 Å². The van der Waals surface area contributed by atoms with Gasteiger partial charge in [0.15, 0.2) is 23.2 Å². The van der Waals surface area contributed by atoms with E-state index in [4.69, 9.17) is 0 Å². The summed E-state index contributed by atoms with van der Waals surface area (Å²) in [4.78, 5) is 25.9. The fraction of sp³-hybridized carbons (Fsp3) is 0.500. The van der Waals surface area contributed by atoms with Crippen molar-refractivity contribution in [3.8, 4) is 0 Å². The molecule has 6 rings (SSSR count). The molecule has 4 saturated carbocycles. The maximum absolute atomic E-state index is 13.5. The lowest BCUT2D eigenvalue weighted by Crippen LogP contribution is -2.51. The Morgan fingerprint density at radius 3 is 1.96 bits per heavy atom. The number of benzene rings is 1. The van der Waals surface area contributed by atoms with E-state index in [2.05, 4.69) is 0 Å². The van der Waals surface area contributed by atoms with Crippen LogP contribution in [0, 0.1) is 34.8 Å². The number of halogens is 2. The van der Waals surface area contributed by atoms with Crippen LogP contribution in [0.25, 0.3) is 5.76 Å². The first-order valence-electron chi connectivity index (χ1n) is 8.88. The van der Waals surface area contributed by atoms with Crippen LogP contribution in [-0.4, -0.2) is 11.6 Å². The third-order valence-electron chi connectivity index (χ3n) is 6.75. The van der Waals surface area contributed by atoms with Crippen LogP contribution >= 0.6 is 0 Å². The molecule has 0 aromatic heterocycles. The maximum Gasteiger partial charge on any atom is 0.196 e. The van der Waals surface area contributed by atoms with Crippen molar-refractivity contribution in [3.63, 3.8) is 0 Å². The lowest BCUT2D eigenvalue weighted by atomic mass is 9.48. The molecule has 0 aliphatic heterocycles. The molecular weight excluding hydrogens is 326 g/mol. The molecule has 3 nitrogen and oxygen atoms in total. The summed E-state index contributed by atoms with van der Waals surface area (Å²) in [5.41, 5.74) is -1.36. The SMILES string of the molecule is O=C1C(C(=O)C23CC4CC(CC(C4)C2)C3)=C([O-])c2cc(F)c(F)cc21. The Bertz CT molecular complexity index is 833. The van der Waals surface area contributed by atoms with E-state index in [9.17, 15) is 23.5 Å². The third kappa shape index (κ3) is 1.95. The lowest BCUT2D eigenvalue weighted by molar-refractivity contribution is -0.244. The molecular formula is C20H17F2O3-. The van der Waals surface area contributed by atoms with Gasteiger partial charge in [-0.05, 0) is 74.0 Å². The van der Waals surface area contributed by atoms with E-state index in [1.165, 1.54) is 0 Å². The van der Waals surface area contributed by atoms with Crippen molar-refractivity contribution in [2.45, 2.75) is 38.5 Å². The smallest absolute Gasteiger partial charge is 0.196 e. The van der Waals surface area contributed by atoms with Gasteiger partial charge in [0.1, 0.15) is 0 Å². The number of carbonyl (C=O) groups excluding carboxylic acids is 2. The van der Waals surface area contributed by atoms with E-state index >= 15 is 0 Å². The van der Waals surface area contributed by atoms with Crippen LogP contribution < -0.4 is 5.11 Å². The molecule has 0 unspecified atom stereocenters. The molecule has 4 bridgehead atoms. The van der Waals surface area contributed by atoms with Gasteiger partial charge in [-0.3, -0.25) is 9.59 Å². The highest BCUT2D eigenvalue weighted by Gasteiger charge is 2.56. The monoisotopic (exact) mass is 343 g/mol. The first kappa shape index (κ1) is 15.2. The summed E-state index contributed by atoms with van der Waals surface area (Å²) in [6, 6.07) is 1.48. The summed E-state index contributed by atoms with van der Waals surface area (Å²) in [5, 5.41) is 12.6. The minimum absolute atomic E-state index is 0.183. The largest absolute Gasteiger partial charge is 0.871 e. The molecule has 5 heteroatoms. The molecule has 0 radical (unpaired) electrons. The molecule has 0 amide bonds. The van der Waals surface area contributed by atoms with Gasteiger partial charge in [0.05, 0.1) is 5.57 Å². The summed E-state index contributed by atoms with van der Waals surface area (Å²) in [6.45, 7) is 0. The standard InChI is InChI=1S/C20H18F2O3/c21-14-4-12-13(5-15(14)22)18(24)16(17(12)23)19(25)20-6-9-1-10(7-20)3-11(2-9)8-20/h4-5,9-11,23H,1-3,6-8H2/p-1. The average Bonchev–Trinajstić information content (AvgIpc) is 2.77. The molecule has 1 aromatic carbocycles. The minimum Gasteiger partial charge on any atom is -0.871 e. The van der Waals surface area contributed by atoms with E-state index in [0.29, 0.717) is 17.8 Å². The molecule has 1 aromatic rings. The van der Waals surface area contributed by atoms with Gasteiger partial charge in [0.2, 0.25) is 0 Å². The van der Waals surface area contributed by atoms with Crippen molar-refractivity contribution < 1.29 is 23.5 Å². The number of carbonyl (C=O) groups is 2. The Hall–Kier alpha value is -2.04. The van der Waals surface area contributed by atoms with E-state index in [0.717, 1.165) is 50.7 Å². The van der Waals surface area contributed by atoms with Crippen LogP contribution in [0.2, 0.25) is 0 Å². The van der Waals surface area contributed by atoms with Gasteiger partial charge in [-0.25, -0.2) is 8.78 Å². The van der Waals surface area contributed by atoms with Gasteiger partial charge >= 0.3 is 0 Å². The zero-order valence-corrected chi connectivity index (χ0v) is 13.6. The van der Waals surface area contributed by atoms with Crippen LogP contribution in [0.15, 0.2) is 17.7 Å². The molecule has 5 aliphatic carbocycles. The zero-order chi connectivity index (χ0) is 17.5. The van der Waals surface area contributed by atoms with Crippen molar-refractivity contribution in [1.82, 2.24) is 0 Å². The second-order valence-corrected chi connectivity index (χ2v) is 8.37. The second kappa shape index (κ2) is 4.77. The van der Waals surface area contributed by atoms with Gasteiger partial charge in [-0.2, -0.15) is 0 Å². The minimum atomic E-state index is -1.18. The highest BCUT2D eigenvalue weighted by Crippen LogP contribution is 2.61. The van der Waals surface area contributed by atoms with Crippen molar-refractivity contribution in [2.75, 3.05) is 0 Å². The van der Waals surface area contributed by atoms with Crippen molar-refractivity contribution in [3.05, 3.63) is 40.5 Å². The first-order chi connectivity index (χ1) is 11.9. The van der Waals surface area contributed by atoms with E-state index in [1.54, 1.807) is 0 Å². The van der Waals surface area contributed by atoms with Gasteiger partial charge in [-0.1, -0.05) is 5.76 Å². The highest BCUT2D eigenvalue weighted by atomic mass is 19.2. The van der Waals surface area contributed by atoms with Crippen LogP contribution in [0.1, 0.15) is 54.4 Å². The topological polar surface area (TPSA) is 57.2 Å². The number of ketones is 2. The lowest BCUT2D eigenvalue weighted by Gasteiger charge is -2.56. The summed E-state index contributed by atoms with van der Waals surface area (Å²) in [7, 11) is 0. The zero-order valence-electron chi connectivity index (χ0n) is 13.6. The fourth-order valence-electron chi connectivity index (χ4n) is 6.16. The third-order valence-corrected chi connectivity index (χ3v) is 6.75. The highest BCUT2D eigenvalue weighted by molar-refractivity contribution is 6.35. The predicted octanol–water partition coefficient (Wildman–Crippen LogP) is 3.02. The second-order valence-electron chi connectivity index (χ2n) is 8.37.